The van der Waals surface area contributed by atoms with Gasteiger partial charge in [0.05, 0.1) is 0 Å². The summed E-state index contributed by atoms with van der Waals surface area (Å²) in [5, 5.41) is 7.18. The molecule has 0 radical (unpaired) electrons. The van der Waals surface area contributed by atoms with E-state index >= 15 is 0 Å². The highest BCUT2D eigenvalue weighted by Crippen LogP contribution is 2.30. The lowest BCUT2D eigenvalue weighted by molar-refractivity contribution is 0.671. The van der Waals surface area contributed by atoms with Crippen LogP contribution in [-0.4, -0.2) is 23.0 Å². The van der Waals surface area contributed by atoms with Gasteiger partial charge in [-0.05, 0) is 26.8 Å². The van der Waals surface area contributed by atoms with E-state index in [1.807, 2.05) is 66.7 Å². The molecule has 50 heavy (non-hydrogen) atoms. The molecule has 0 N–H and O–H groups in total. The van der Waals surface area contributed by atoms with E-state index in [1.54, 1.807) is 0 Å². The average Bonchev–Trinajstić information content (AvgIpc) is 3.59. The first-order valence-electron chi connectivity index (χ1n) is 16.8. The summed E-state index contributed by atoms with van der Waals surface area (Å²) >= 11 is 0. The molecule has 0 aliphatic rings. The monoisotopic (exact) mass is 657 g/mol. The number of benzene rings is 7. The Hall–Kier alpha value is -6.43. The van der Waals surface area contributed by atoms with Crippen molar-refractivity contribution < 1.29 is 4.42 Å². The van der Waals surface area contributed by atoms with Crippen LogP contribution in [-0.2, 0) is 0 Å². The van der Waals surface area contributed by atoms with Crippen LogP contribution in [0.2, 0.25) is 0 Å². The van der Waals surface area contributed by atoms with Crippen molar-refractivity contribution in [3.63, 3.8) is 0 Å². The van der Waals surface area contributed by atoms with Crippen LogP contribution < -0.4 is 20.7 Å². The number of hydrogen-bond acceptors (Lipinski definition) is 4. The summed E-state index contributed by atoms with van der Waals surface area (Å²) in [6.07, 6.45) is 0. The third kappa shape index (κ3) is 5.03. The van der Waals surface area contributed by atoms with Gasteiger partial charge in [-0.25, -0.2) is 15.0 Å². The predicted molar refractivity (Wildman–Crippen MR) is 207 cm³/mol. The quantitative estimate of drug-likeness (QED) is 0.128. The van der Waals surface area contributed by atoms with E-state index in [0.29, 0.717) is 17.5 Å². The van der Waals surface area contributed by atoms with Crippen LogP contribution in [0.4, 0.5) is 0 Å². The lowest BCUT2D eigenvalue weighted by atomic mass is 10.1. The Morgan fingerprint density at radius 2 is 0.800 bits per heavy atom. The fourth-order valence-electron chi connectivity index (χ4n) is 7.21. The molecule has 0 aliphatic carbocycles. The van der Waals surface area contributed by atoms with Gasteiger partial charge in [-0.1, -0.05) is 182 Å². The second kappa shape index (κ2) is 12.5. The predicted octanol–water partition coefficient (Wildman–Crippen LogP) is 8.15. The fourth-order valence-corrected chi connectivity index (χ4v) is 12.1. The lowest BCUT2D eigenvalue weighted by Gasteiger charge is -2.34. The molecule has 236 valence electrons. The van der Waals surface area contributed by atoms with Gasteiger partial charge in [0.25, 0.3) is 0 Å². The summed E-state index contributed by atoms with van der Waals surface area (Å²) in [6, 6.07) is 65.9. The molecule has 0 spiro atoms. The number of hydrogen-bond donors (Lipinski definition) is 0. The zero-order valence-electron chi connectivity index (χ0n) is 27.1. The Morgan fingerprint density at radius 1 is 0.360 bits per heavy atom. The maximum atomic E-state index is 6.80. The Balaban J connectivity index is 1.34. The second-order valence-electron chi connectivity index (χ2n) is 12.4. The van der Waals surface area contributed by atoms with Gasteiger partial charge in [0, 0.05) is 27.5 Å². The minimum Gasteiger partial charge on any atom is -0.456 e. The van der Waals surface area contributed by atoms with Crippen molar-refractivity contribution in [1.82, 2.24) is 15.0 Å². The standard InChI is InChI=1S/C45H31N3OSi/c1-5-17-32(18-6-1)43-46-44(33-19-7-2-8-20-33)48-45(47-43)34-21-15-26-37(31-34)50(35-22-9-3-10-23-35,36-24-11-4-12-25-36)41-30-16-28-39-38-27-13-14-29-40(38)49-42(39)41/h1-31H. The Bertz CT molecular complexity index is 2490. The maximum absolute atomic E-state index is 6.80. The van der Waals surface area contributed by atoms with Gasteiger partial charge >= 0.3 is 0 Å². The first kappa shape index (κ1) is 29.7. The summed E-state index contributed by atoms with van der Waals surface area (Å²) in [4.78, 5) is 15.1. The zero-order chi connectivity index (χ0) is 33.3. The number of furan rings is 1. The third-order valence-electron chi connectivity index (χ3n) is 9.48. The van der Waals surface area contributed by atoms with E-state index in [2.05, 4.69) is 121 Å². The molecular weight excluding hydrogens is 627 g/mol. The van der Waals surface area contributed by atoms with Gasteiger partial charge in [-0.2, -0.15) is 0 Å². The number of para-hydroxylation sites is 2. The van der Waals surface area contributed by atoms with Crippen molar-refractivity contribution in [2.75, 3.05) is 0 Å². The van der Waals surface area contributed by atoms with Gasteiger partial charge in [-0.15, -0.1) is 0 Å². The molecule has 0 amide bonds. The average molecular weight is 658 g/mol. The van der Waals surface area contributed by atoms with E-state index in [-0.39, 0.29) is 0 Å². The molecule has 7 aromatic carbocycles. The zero-order valence-corrected chi connectivity index (χ0v) is 28.1. The molecule has 2 aromatic heterocycles. The van der Waals surface area contributed by atoms with Crippen LogP contribution in [0.1, 0.15) is 0 Å². The Labute approximate surface area is 291 Å². The smallest absolute Gasteiger partial charge is 0.184 e. The van der Waals surface area contributed by atoms with Crippen LogP contribution in [0.25, 0.3) is 56.1 Å². The highest BCUT2D eigenvalue weighted by Gasteiger charge is 2.43. The summed E-state index contributed by atoms with van der Waals surface area (Å²) in [6.45, 7) is 0. The first-order valence-corrected chi connectivity index (χ1v) is 18.8. The molecule has 0 saturated heterocycles. The van der Waals surface area contributed by atoms with Crippen LogP contribution in [0.3, 0.4) is 0 Å². The van der Waals surface area contributed by atoms with Gasteiger partial charge < -0.3 is 4.42 Å². The molecular formula is C45H31N3OSi. The molecule has 0 saturated carbocycles. The van der Waals surface area contributed by atoms with E-state index in [0.717, 1.165) is 38.6 Å². The van der Waals surface area contributed by atoms with Crippen molar-refractivity contribution in [2.24, 2.45) is 0 Å². The largest absolute Gasteiger partial charge is 0.456 e. The normalized spacial score (nSPS) is 11.6. The summed E-state index contributed by atoms with van der Waals surface area (Å²) < 4.78 is 6.80. The van der Waals surface area contributed by atoms with Crippen molar-refractivity contribution in [2.45, 2.75) is 0 Å². The highest BCUT2D eigenvalue weighted by molar-refractivity contribution is 7.20. The molecule has 0 unspecified atom stereocenters. The second-order valence-corrected chi connectivity index (χ2v) is 16.2. The molecule has 0 atom stereocenters. The number of nitrogens with zero attached hydrogens (tertiary/aromatic N) is 3. The Morgan fingerprint density at radius 3 is 1.40 bits per heavy atom. The SMILES string of the molecule is c1ccc(-c2nc(-c3ccccc3)nc(-c3cccc([Si](c4ccccc4)(c4ccccc4)c4cccc5c4oc4ccccc45)c3)n2)cc1. The van der Waals surface area contributed by atoms with Gasteiger partial charge in [-0.3, -0.25) is 0 Å². The fraction of sp³-hybridized carbons (Fsp3) is 0. The minimum absolute atomic E-state index is 0.630. The van der Waals surface area contributed by atoms with E-state index in [1.165, 1.54) is 20.7 Å². The van der Waals surface area contributed by atoms with E-state index in [4.69, 9.17) is 19.4 Å². The molecule has 4 nitrogen and oxygen atoms in total. The molecule has 9 rings (SSSR count). The van der Waals surface area contributed by atoms with Gasteiger partial charge in [0.1, 0.15) is 11.2 Å². The summed E-state index contributed by atoms with van der Waals surface area (Å²) in [5.41, 5.74) is 4.63. The van der Waals surface area contributed by atoms with Crippen LogP contribution in [0.5, 0.6) is 0 Å². The van der Waals surface area contributed by atoms with Crippen LogP contribution in [0, 0.1) is 0 Å². The van der Waals surface area contributed by atoms with Crippen molar-refractivity contribution in [3.8, 4) is 34.2 Å². The topological polar surface area (TPSA) is 51.8 Å². The molecule has 9 aromatic rings. The van der Waals surface area contributed by atoms with Gasteiger partial charge in [0.15, 0.2) is 25.5 Å². The molecule has 5 heteroatoms. The molecule has 0 aliphatic heterocycles. The number of rotatable bonds is 7. The van der Waals surface area contributed by atoms with Crippen molar-refractivity contribution in [3.05, 3.63) is 188 Å². The third-order valence-corrected chi connectivity index (χ3v) is 14.3. The number of fused-ring (bicyclic) bond motifs is 3. The summed E-state index contributed by atoms with van der Waals surface area (Å²) in [7, 11) is -3.01. The van der Waals surface area contributed by atoms with Crippen LogP contribution in [0.15, 0.2) is 192 Å². The lowest BCUT2D eigenvalue weighted by Crippen LogP contribution is -2.74. The number of aromatic nitrogens is 3. The molecule has 0 fully saturated rings. The van der Waals surface area contributed by atoms with Gasteiger partial charge in [0.2, 0.25) is 0 Å². The highest BCUT2D eigenvalue weighted by atomic mass is 28.3. The summed E-state index contributed by atoms with van der Waals surface area (Å²) in [5.74, 6) is 1.91. The van der Waals surface area contributed by atoms with E-state index < -0.39 is 8.07 Å². The first-order chi connectivity index (χ1) is 24.8. The van der Waals surface area contributed by atoms with E-state index in [9.17, 15) is 0 Å². The van der Waals surface area contributed by atoms with Crippen molar-refractivity contribution >= 4 is 50.8 Å². The molecule has 2 heterocycles. The maximum Gasteiger partial charge on any atom is 0.184 e. The molecule has 0 bridgehead atoms. The van der Waals surface area contributed by atoms with Crippen molar-refractivity contribution in [1.29, 1.82) is 0 Å². The minimum atomic E-state index is -3.01. The van der Waals surface area contributed by atoms with Crippen LogP contribution >= 0.6 is 0 Å². The Kier molecular flexibility index (Phi) is 7.45.